The van der Waals surface area contributed by atoms with Crippen LogP contribution in [0.2, 0.25) is 0 Å². The Morgan fingerprint density at radius 1 is 1.09 bits per heavy atom. The van der Waals surface area contributed by atoms with E-state index in [2.05, 4.69) is 15.9 Å². The molecule has 0 bridgehead atoms. The molecule has 1 heterocycles. The van der Waals surface area contributed by atoms with Gasteiger partial charge in [0.05, 0.1) is 5.56 Å². The molecule has 1 aromatic carbocycles. The van der Waals surface area contributed by atoms with Crippen LogP contribution in [-0.4, -0.2) is 47.8 Å². The highest BCUT2D eigenvalue weighted by atomic mass is 79.9. The number of carbonyl (C=O) groups excluding carboxylic acids is 2. The zero-order valence-corrected chi connectivity index (χ0v) is 13.8. The third-order valence-corrected chi connectivity index (χ3v) is 4.67. The molecule has 2 amide bonds. The van der Waals surface area contributed by atoms with E-state index in [0.29, 0.717) is 30.7 Å². The molecule has 0 spiro atoms. The molecule has 1 aliphatic carbocycles. The largest absolute Gasteiger partial charge is 0.341 e. The van der Waals surface area contributed by atoms with Crippen LogP contribution in [0.5, 0.6) is 0 Å². The van der Waals surface area contributed by atoms with Crippen molar-refractivity contribution in [1.82, 2.24) is 9.80 Å². The summed E-state index contributed by atoms with van der Waals surface area (Å²) in [4.78, 5) is 28.1. The van der Waals surface area contributed by atoms with Gasteiger partial charge in [0.15, 0.2) is 0 Å². The minimum atomic E-state index is -0.511. The van der Waals surface area contributed by atoms with Gasteiger partial charge >= 0.3 is 0 Å². The lowest BCUT2D eigenvalue weighted by atomic mass is 10.2. The second-order valence-corrected chi connectivity index (χ2v) is 6.79. The van der Waals surface area contributed by atoms with E-state index >= 15 is 0 Å². The first-order chi connectivity index (χ1) is 10.6. The molecule has 4 nitrogen and oxygen atoms in total. The monoisotopic (exact) mass is 368 g/mol. The summed E-state index contributed by atoms with van der Waals surface area (Å²) in [6.45, 7) is 2.24. The fourth-order valence-electron chi connectivity index (χ4n) is 2.76. The smallest absolute Gasteiger partial charge is 0.256 e. The molecule has 0 N–H and O–H groups in total. The molecule has 1 saturated carbocycles. The van der Waals surface area contributed by atoms with E-state index in [1.54, 1.807) is 11.0 Å². The summed E-state index contributed by atoms with van der Waals surface area (Å²) < 4.78 is 14.5. The average molecular weight is 369 g/mol. The first kappa shape index (κ1) is 15.5. The van der Waals surface area contributed by atoms with Gasteiger partial charge in [-0.1, -0.05) is 15.9 Å². The highest BCUT2D eigenvalue weighted by Crippen LogP contribution is 2.31. The molecule has 0 unspecified atom stereocenters. The number of carbonyl (C=O) groups is 2. The Kier molecular flexibility index (Phi) is 4.47. The van der Waals surface area contributed by atoms with Crippen molar-refractivity contribution in [2.45, 2.75) is 19.3 Å². The first-order valence-electron chi connectivity index (χ1n) is 7.59. The molecule has 1 aliphatic heterocycles. The van der Waals surface area contributed by atoms with E-state index in [0.717, 1.165) is 19.3 Å². The van der Waals surface area contributed by atoms with Gasteiger partial charge in [0, 0.05) is 36.6 Å². The standard InChI is InChI=1S/C16H18BrFN2O2/c17-12-4-5-14(18)13(10-12)16(22)20-7-1-6-19(8-9-20)15(21)11-2-3-11/h4-5,10-11H,1-3,6-9H2. The van der Waals surface area contributed by atoms with Crippen LogP contribution in [0.1, 0.15) is 29.6 Å². The second kappa shape index (κ2) is 6.36. The number of nitrogens with zero attached hydrogens (tertiary/aromatic N) is 2. The molecule has 0 aromatic heterocycles. The van der Waals surface area contributed by atoms with Gasteiger partial charge in [0.25, 0.3) is 5.91 Å². The van der Waals surface area contributed by atoms with Gasteiger partial charge in [-0.3, -0.25) is 9.59 Å². The predicted molar refractivity (Wildman–Crippen MR) is 83.9 cm³/mol. The van der Waals surface area contributed by atoms with Crippen LogP contribution >= 0.6 is 15.9 Å². The highest BCUT2D eigenvalue weighted by Gasteiger charge is 2.34. The summed E-state index contributed by atoms with van der Waals surface area (Å²) in [6, 6.07) is 4.37. The number of hydrogen-bond donors (Lipinski definition) is 0. The lowest BCUT2D eigenvalue weighted by molar-refractivity contribution is -0.132. The summed E-state index contributed by atoms with van der Waals surface area (Å²) in [5, 5.41) is 0. The van der Waals surface area contributed by atoms with Crippen LogP contribution in [0.25, 0.3) is 0 Å². The third kappa shape index (κ3) is 3.32. The number of benzene rings is 1. The van der Waals surface area contributed by atoms with Crippen LogP contribution < -0.4 is 0 Å². The lowest BCUT2D eigenvalue weighted by Crippen LogP contribution is -2.38. The molecule has 0 radical (unpaired) electrons. The van der Waals surface area contributed by atoms with Crippen LogP contribution in [0, 0.1) is 11.7 Å². The molecule has 118 valence electrons. The van der Waals surface area contributed by atoms with Crippen molar-refractivity contribution in [3.8, 4) is 0 Å². The van der Waals surface area contributed by atoms with Crippen molar-refractivity contribution in [1.29, 1.82) is 0 Å². The van der Waals surface area contributed by atoms with E-state index < -0.39 is 5.82 Å². The molecule has 1 saturated heterocycles. The van der Waals surface area contributed by atoms with E-state index in [9.17, 15) is 14.0 Å². The Labute approximate surface area is 137 Å². The Balaban J connectivity index is 1.68. The number of hydrogen-bond acceptors (Lipinski definition) is 2. The van der Waals surface area contributed by atoms with Crippen molar-refractivity contribution in [3.63, 3.8) is 0 Å². The number of amides is 2. The van der Waals surface area contributed by atoms with Crippen LogP contribution in [0.4, 0.5) is 4.39 Å². The molecule has 22 heavy (non-hydrogen) atoms. The SMILES string of the molecule is O=C(c1cc(Br)ccc1F)N1CCCN(C(=O)C2CC2)CC1. The van der Waals surface area contributed by atoms with Crippen molar-refractivity contribution in [2.24, 2.45) is 5.92 Å². The summed E-state index contributed by atoms with van der Waals surface area (Å²) >= 11 is 3.27. The van der Waals surface area contributed by atoms with E-state index in [1.165, 1.54) is 12.1 Å². The Morgan fingerprint density at radius 2 is 1.77 bits per heavy atom. The minimum absolute atomic E-state index is 0.0799. The van der Waals surface area contributed by atoms with E-state index in [1.807, 2.05) is 4.90 Å². The molecule has 2 aliphatic rings. The third-order valence-electron chi connectivity index (χ3n) is 4.18. The average Bonchev–Trinajstić information content (AvgIpc) is 3.34. The van der Waals surface area contributed by atoms with Crippen molar-refractivity contribution in [2.75, 3.05) is 26.2 Å². The van der Waals surface area contributed by atoms with Crippen molar-refractivity contribution < 1.29 is 14.0 Å². The molecule has 3 rings (SSSR count). The highest BCUT2D eigenvalue weighted by molar-refractivity contribution is 9.10. The van der Waals surface area contributed by atoms with Gasteiger partial charge in [-0.25, -0.2) is 4.39 Å². The van der Waals surface area contributed by atoms with Gasteiger partial charge < -0.3 is 9.80 Å². The maximum Gasteiger partial charge on any atom is 0.256 e. The quantitative estimate of drug-likeness (QED) is 0.804. The maximum absolute atomic E-state index is 13.9. The maximum atomic E-state index is 13.9. The van der Waals surface area contributed by atoms with Crippen LogP contribution in [-0.2, 0) is 4.79 Å². The fraction of sp³-hybridized carbons (Fsp3) is 0.500. The number of halogens is 2. The van der Waals surface area contributed by atoms with Crippen LogP contribution in [0.3, 0.4) is 0 Å². The van der Waals surface area contributed by atoms with Gasteiger partial charge in [-0.15, -0.1) is 0 Å². The fourth-order valence-corrected chi connectivity index (χ4v) is 3.12. The molecule has 0 atom stereocenters. The molecule has 2 fully saturated rings. The summed E-state index contributed by atoms with van der Waals surface area (Å²) in [5.41, 5.74) is 0.0799. The Hall–Kier alpha value is -1.43. The zero-order chi connectivity index (χ0) is 15.7. The first-order valence-corrected chi connectivity index (χ1v) is 8.38. The van der Waals surface area contributed by atoms with Gasteiger partial charge in [0.1, 0.15) is 5.82 Å². The van der Waals surface area contributed by atoms with E-state index in [4.69, 9.17) is 0 Å². The zero-order valence-electron chi connectivity index (χ0n) is 12.2. The normalized spacial score (nSPS) is 19.0. The van der Waals surface area contributed by atoms with Gasteiger partial charge in [0.2, 0.25) is 5.91 Å². The second-order valence-electron chi connectivity index (χ2n) is 5.87. The van der Waals surface area contributed by atoms with Crippen molar-refractivity contribution in [3.05, 3.63) is 34.1 Å². The lowest BCUT2D eigenvalue weighted by Gasteiger charge is -2.22. The van der Waals surface area contributed by atoms with Crippen LogP contribution in [0.15, 0.2) is 22.7 Å². The molecule has 6 heteroatoms. The summed E-state index contributed by atoms with van der Waals surface area (Å²) in [6.07, 6.45) is 2.71. The van der Waals surface area contributed by atoms with Gasteiger partial charge in [-0.05, 0) is 37.5 Å². The summed E-state index contributed by atoms with van der Waals surface area (Å²) in [5.74, 6) is -0.407. The van der Waals surface area contributed by atoms with Crippen molar-refractivity contribution >= 4 is 27.7 Å². The predicted octanol–water partition coefficient (Wildman–Crippen LogP) is 2.67. The minimum Gasteiger partial charge on any atom is -0.341 e. The topological polar surface area (TPSA) is 40.6 Å². The Morgan fingerprint density at radius 3 is 2.50 bits per heavy atom. The Bertz CT molecular complexity index is 604. The molecular formula is C16H18BrFN2O2. The number of rotatable bonds is 2. The molecular weight excluding hydrogens is 351 g/mol. The molecule has 1 aromatic rings. The summed E-state index contributed by atoms with van der Waals surface area (Å²) in [7, 11) is 0. The van der Waals surface area contributed by atoms with E-state index in [-0.39, 0.29) is 23.3 Å². The van der Waals surface area contributed by atoms with Gasteiger partial charge in [-0.2, -0.15) is 0 Å².